The first-order valence-electron chi connectivity index (χ1n) is 15.9. The second-order valence-corrected chi connectivity index (χ2v) is 11.7. The standard InChI is InChI=1S/C33H29O5P.C11H12O2/c1-2-3-23-35-26-14-15-27-36-24-12-4-5-13-25-37-28-16-17-29-38-30-18-31-39(34,32-19-8-6-9-20-32)33-21-10-7-11-22-33;1-3-5-9-13-11-7-6-10-12-8-4-2/h6-11,19-22H,23-30H2,1H3;2H,8-11H2,1H3. The Labute approximate surface area is 310 Å². The van der Waals surface area contributed by atoms with E-state index in [4.69, 9.17) is 34.8 Å². The topological polar surface area (TPSA) is 72.5 Å². The lowest BCUT2D eigenvalue weighted by Crippen LogP contribution is -2.14. The van der Waals surface area contributed by atoms with E-state index in [2.05, 4.69) is 100 Å². The molecule has 52 heavy (non-hydrogen) atoms. The zero-order valence-corrected chi connectivity index (χ0v) is 30.5. The van der Waals surface area contributed by atoms with Crippen molar-refractivity contribution in [1.29, 1.82) is 0 Å². The van der Waals surface area contributed by atoms with Gasteiger partial charge in [-0.3, -0.25) is 4.57 Å². The Hall–Kier alpha value is -5.53. The van der Waals surface area contributed by atoms with E-state index in [1.807, 2.05) is 60.7 Å². The SMILES string of the molecule is C#CCOCC#CCOCC#CC.CC#CCOCC#CCOCC#CC#CCOCC#CCOCC#CP(=O)(c1ccccc1)c1ccccc1. The summed E-state index contributed by atoms with van der Waals surface area (Å²) in [5, 5.41) is 1.40. The smallest absolute Gasteiger partial charge is 0.210 e. The second kappa shape index (κ2) is 33.9. The first-order chi connectivity index (χ1) is 25.7. The molecule has 0 fully saturated rings. The second-order valence-electron chi connectivity index (χ2n) is 9.25. The van der Waals surface area contributed by atoms with Crippen LogP contribution in [0.2, 0.25) is 0 Å². The van der Waals surface area contributed by atoms with Gasteiger partial charge in [-0.15, -0.1) is 18.3 Å². The summed E-state index contributed by atoms with van der Waals surface area (Å²) in [4.78, 5) is 0. The average molecular weight is 713 g/mol. The summed E-state index contributed by atoms with van der Waals surface area (Å²) in [6.45, 7) is 7.01. The van der Waals surface area contributed by atoms with Gasteiger partial charge in [-0.2, -0.15) is 0 Å². The van der Waals surface area contributed by atoms with Crippen LogP contribution >= 0.6 is 7.14 Å². The van der Waals surface area contributed by atoms with Crippen LogP contribution in [0, 0.1) is 107 Å². The lowest BCUT2D eigenvalue weighted by Gasteiger charge is -2.12. The fourth-order valence-electron chi connectivity index (χ4n) is 3.24. The monoisotopic (exact) mass is 712 g/mol. The van der Waals surface area contributed by atoms with Crippen molar-refractivity contribution in [3.05, 3.63) is 60.7 Å². The van der Waals surface area contributed by atoms with Crippen molar-refractivity contribution in [3.63, 3.8) is 0 Å². The van der Waals surface area contributed by atoms with Gasteiger partial charge in [-0.25, -0.2) is 0 Å². The fourth-order valence-corrected chi connectivity index (χ4v) is 5.26. The van der Waals surface area contributed by atoms with Gasteiger partial charge in [0.15, 0.2) is 0 Å². The predicted molar refractivity (Wildman–Crippen MR) is 207 cm³/mol. The Morgan fingerprint density at radius 2 is 0.750 bits per heavy atom. The number of terminal acetylenes is 1. The quantitative estimate of drug-likeness (QED) is 0.168. The minimum Gasteiger partial charge on any atom is -0.356 e. The third kappa shape index (κ3) is 24.6. The Kier molecular flexibility index (Phi) is 29.0. The maximum atomic E-state index is 13.7. The van der Waals surface area contributed by atoms with Gasteiger partial charge in [-0.1, -0.05) is 132 Å². The maximum Gasteiger partial charge on any atom is 0.210 e. The number of hydrogen-bond donors (Lipinski definition) is 0. The van der Waals surface area contributed by atoms with E-state index in [1.165, 1.54) is 0 Å². The van der Waals surface area contributed by atoms with Crippen molar-refractivity contribution in [2.45, 2.75) is 13.8 Å². The van der Waals surface area contributed by atoms with E-state index in [-0.39, 0.29) is 39.6 Å². The van der Waals surface area contributed by atoms with Gasteiger partial charge in [0.05, 0.1) is 0 Å². The molecule has 0 amide bonds. The molecule has 2 rings (SSSR count). The summed E-state index contributed by atoms with van der Waals surface area (Å²) in [7, 11) is -3.06. The van der Waals surface area contributed by atoms with E-state index < -0.39 is 7.14 Å². The molecule has 0 aliphatic heterocycles. The van der Waals surface area contributed by atoms with Crippen molar-refractivity contribution in [3.8, 4) is 107 Å². The molecule has 0 bridgehead atoms. The van der Waals surface area contributed by atoms with Crippen molar-refractivity contribution < 1.29 is 33.0 Å². The minimum atomic E-state index is -3.06. The van der Waals surface area contributed by atoms with Crippen molar-refractivity contribution in [2.24, 2.45) is 0 Å². The number of hydrogen-bond acceptors (Lipinski definition) is 7. The van der Waals surface area contributed by atoms with Crippen LogP contribution in [-0.2, 0) is 33.0 Å². The van der Waals surface area contributed by atoms with Gasteiger partial charge < -0.3 is 28.4 Å². The van der Waals surface area contributed by atoms with Gasteiger partial charge in [0.25, 0.3) is 0 Å². The van der Waals surface area contributed by atoms with Gasteiger partial charge in [0.1, 0.15) is 79.3 Å². The highest BCUT2D eigenvalue weighted by Crippen LogP contribution is 2.41. The molecular weight excluding hydrogens is 671 g/mol. The summed E-state index contributed by atoms with van der Waals surface area (Å²) in [6.07, 6.45) is 4.96. The predicted octanol–water partition coefficient (Wildman–Crippen LogP) is 3.74. The van der Waals surface area contributed by atoms with Crippen molar-refractivity contribution in [2.75, 3.05) is 79.3 Å². The zero-order chi connectivity index (χ0) is 37.5. The highest BCUT2D eigenvalue weighted by Gasteiger charge is 2.24. The number of benzene rings is 2. The van der Waals surface area contributed by atoms with E-state index in [1.54, 1.807) is 13.8 Å². The molecule has 0 N–H and O–H groups in total. The first-order valence-corrected chi connectivity index (χ1v) is 17.6. The first kappa shape index (κ1) is 44.5. The van der Waals surface area contributed by atoms with E-state index in [0.717, 1.165) is 0 Å². The Morgan fingerprint density at radius 3 is 1.10 bits per heavy atom. The van der Waals surface area contributed by atoms with Crippen LogP contribution in [0.15, 0.2) is 60.7 Å². The molecule has 0 unspecified atom stereocenters. The van der Waals surface area contributed by atoms with Gasteiger partial charge in [0, 0.05) is 10.6 Å². The third-order valence-corrected chi connectivity index (χ3v) is 8.07. The highest BCUT2D eigenvalue weighted by molar-refractivity contribution is 7.83. The molecule has 0 aliphatic rings. The summed E-state index contributed by atoms with van der Waals surface area (Å²) < 4.78 is 44.8. The minimum absolute atomic E-state index is 0.128. The van der Waals surface area contributed by atoms with E-state index in [9.17, 15) is 4.57 Å². The maximum absolute atomic E-state index is 13.7. The van der Waals surface area contributed by atoms with E-state index in [0.29, 0.717) is 50.3 Å². The van der Waals surface area contributed by atoms with E-state index >= 15 is 0 Å². The normalized spacial score (nSPS) is 8.79. The molecule has 0 heterocycles. The molecule has 0 saturated heterocycles. The summed E-state index contributed by atoms with van der Waals surface area (Å²) in [6, 6.07) is 18.6. The molecule has 264 valence electrons. The highest BCUT2D eigenvalue weighted by atomic mass is 31.2. The van der Waals surface area contributed by atoms with Gasteiger partial charge in [-0.05, 0) is 31.3 Å². The van der Waals surface area contributed by atoms with Crippen molar-refractivity contribution in [1.82, 2.24) is 0 Å². The lowest BCUT2D eigenvalue weighted by atomic mass is 10.4. The van der Waals surface area contributed by atoms with Crippen LogP contribution in [0.4, 0.5) is 0 Å². The Bertz CT molecular complexity index is 1860. The van der Waals surface area contributed by atoms with Crippen LogP contribution in [0.5, 0.6) is 0 Å². The molecule has 0 saturated carbocycles. The fraction of sp³-hybridized carbons (Fsp3) is 0.318. The largest absolute Gasteiger partial charge is 0.356 e. The molecule has 2 aromatic carbocycles. The van der Waals surface area contributed by atoms with Crippen LogP contribution < -0.4 is 10.6 Å². The molecule has 0 atom stereocenters. The summed E-state index contributed by atoms with van der Waals surface area (Å²) in [5.41, 5.74) is 2.95. The Morgan fingerprint density at radius 1 is 0.442 bits per heavy atom. The van der Waals surface area contributed by atoms with Gasteiger partial charge in [0.2, 0.25) is 7.14 Å². The molecule has 7 nitrogen and oxygen atoms in total. The van der Waals surface area contributed by atoms with Crippen LogP contribution in [-0.4, -0.2) is 79.3 Å². The molecule has 2 aromatic rings. The Balaban J connectivity index is 0.000000880. The molecule has 0 spiro atoms. The van der Waals surface area contributed by atoms with Gasteiger partial charge >= 0.3 is 0 Å². The lowest BCUT2D eigenvalue weighted by molar-refractivity contribution is 0.198. The molecule has 8 heteroatoms. The average Bonchev–Trinajstić information content (AvgIpc) is 3.18. The zero-order valence-electron chi connectivity index (χ0n) is 29.6. The third-order valence-electron chi connectivity index (χ3n) is 5.55. The van der Waals surface area contributed by atoms with Crippen molar-refractivity contribution >= 4 is 17.8 Å². The molecule has 0 aromatic heterocycles. The number of ether oxygens (including phenoxy) is 6. The molecule has 0 aliphatic carbocycles. The van der Waals surface area contributed by atoms with Crippen LogP contribution in [0.1, 0.15) is 13.8 Å². The van der Waals surface area contributed by atoms with Crippen LogP contribution in [0.25, 0.3) is 0 Å². The number of rotatable bonds is 14. The summed E-state index contributed by atoms with van der Waals surface area (Å²) in [5.74, 6) is 44.0. The summed E-state index contributed by atoms with van der Waals surface area (Å²) >= 11 is 0. The van der Waals surface area contributed by atoms with Crippen LogP contribution in [0.3, 0.4) is 0 Å². The molecule has 0 radical (unpaired) electrons. The molecular formula is C44H41O7P.